The fraction of sp³-hybridized carbons (Fsp3) is 0.517. The molecule has 0 spiro atoms. The monoisotopic (exact) mass is 503 g/mol. The second-order valence-electron chi connectivity index (χ2n) is 10.9. The second-order valence-corrected chi connectivity index (χ2v) is 10.9. The Bertz CT molecular complexity index is 1140. The first-order valence-electron chi connectivity index (χ1n) is 13.7. The number of carbonyl (C=O) groups excluding carboxylic acids is 1. The van der Waals surface area contributed by atoms with Gasteiger partial charge in [-0.2, -0.15) is 5.10 Å². The van der Waals surface area contributed by atoms with Gasteiger partial charge in [0.15, 0.2) is 0 Å². The minimum absolute atomic E-state index is 0.107. The van der Waals surface area contributed by atoms with Crippen molar-refractivity contribution in [2.45, 2.75) is 50.2 Å². The van der Waals surface area contributed by atoms with Gasteiger partial charge in [-0.25, -0.2) is 0 Å². The smallest absolute Gasteiger partial charge is 0.225 e. The minimum atomic E-state index is -0.757. The van der Waals surface area contributed by atoms with Crippen molar-refractivity contribution in [1.29, 1.82) is 0 Å². The third-order valence-corrected chi connectivity index (χ3v) is 8.10. The molecule has 3 aliphatic heterocycles. The molecule has 1 amide bonds. The number of rotatable bonds is 7. The summed E-state index contributed by atoms with van der Waals surface area (Å²) in [5.74, 6) is 0.528. The number of benzene rings is 2. The number of hydrogen-bond acceptors (Lipinski definition) is 7. The molecule has 8 nitrogen and oxygen atoms in total. The molecule has 0 bridgehead atoms. The lowest BCUT2D eigenvalue weighted by molar-refractivity contribution is -0.137. The Kier molecular flexibility index (Phi) is 6.78. The third kappa shape index (κ3) is 5.60. The highest BCUT2D eigenvalue weighted by Gasteiger charge is 2.41. The van der Waals surface area contributed by atoms with Gasteiger partial charge < -0.3 is 25.0 Å². The van der Waals surface area contributed by atoms with E-state index in [2.05, 4.69) is 62.8 Å². The number of morpholine rings is 1. The number of amides is 1. The molecule has 1 aliphatic carbocycles. The van der Waals surface area contributed by atoms with Gasteiger partial charge in [-0.15, -0.1) is 0 Å². The fourth-order valence-electron chi connectivity index (χ4n) is 5.77. The maximum Gasteiger partial charge on any atom is 0.225 e. The molecule has 2 aromatic carbocycles. The lowest BCUT2D eigenvalue weighted by atomic mass is 9.84. The summed E-state index contributed by atoms with van der Waals surface area (Å²) in [7, 11) is 0. The molecule has 3 fully saturated rings. The van der Waals surface area contributed by atoms with Crippen molar-refractivity contribution in [3.8, 4) is 0 Å². The summed E-state index contributed by atoms with van der Waals surface area (Å²) in [6.45, 7) is 4.67. The van der Waals surface area contributed by atoms with Gasteiger partial charge in [0.25, 0.3) is 0 Å². The number of hydrogen-bond donors (Lipinski definition) is 2. The van der Waals surface area contributed by atoms with Gasteiger partial charge in [0.1, 0.15) is 0 Å². The second kappa shape index (κ2) is 10.3. The Labute approximate surface area is 218 Å². The van der Waals surface area contributed by atoms with Gasteiger partial charge in [-0.3, -0.25) is 9.80 Å². The van der Waals surface area contributed by atoms with Crippen molar-refractivity contribution in [2.24, 2.45) is 11.0 Å². The topological polar surface area (TPSA) is 80.6 Å². The summed E-state index contributed by atoms with van der Waals surface area (Å²) in [6, 6.07) is 16.9. The van der Waals surface area contributed by atoms with Crippen molar-refractivity contribution in [3.63, 3.8) is 0 Å². The highest BCUT2D eigenvalue weighted by atomic mass is 16.5. The summed E-state index contributed by atoms with van der Waals surface area (Å²) in [6.07, 6.45) is 6.74. The molecule has 196 valence electrons. The molecule has 1 unspecified atom stereocenters. The number of aliphatic hydroxyl groups is 1. The van der Waals surface area contributed by atoms with Gasteiger partial charge in [0.2, 0.25) is 5.91 Å². The third-order valence-electron chi connectivity index (χ3n) is 8.10. The maximum absolute atomic E-state index is 12.4. The Morgan fingerprint density at radius 1 is 1.00 bits per heavy atom. The first kappa shape index (κ1) is 24.2. The normalized spacial score (nSPS) is 23.4. The van der Waals surface area contributed by atoms with Crippen molar-refractivity contribution in [1.82, 2.24) is 4.90 Å². The van der Waals surface area contributed by atoms with Crippen LogP contribution in [0.3, 0.4) is 0 Å². The van der Waals surface area contributed by atoms with Crippen LogP contribution in [0.1, 0.15) is 38.5 Å². The Morgan fingerprint density at radius 2 is 1.68 bits per heavy atom. The first-order chi connectivity index (χ1) is 18.1. The largest absolute Gasteiger partial charge is 0.390 e. The van der Waals surface area contributed by atoms with Crippen molar-refractivity contribution < 1.29 is 14.6 Å². The highest BCUT2D eigenvalue weighted by molar-refractivity contribution is 5.81. The van der Waals surface area contributed by atoms with Gasteiger partial charge >= 0.3 is 0 Å². The van der Waals surface area contributed by atoms with E-state index in [0.29, 0.717) is 32.4 Å². The van der Waals surface area contributed by atoms with E-state index >= 15 is 0 Å². The molecule has 0 aromatic heterocycles. The maximum atomic E-state index is 12.4. The summed E-state index contributed by atoms with van der Waals surface area (Å²) in [5.41, 5.74) is 3.50. The number of carbonyl (C=O) groups is 1. The molecule has 2 saturated heterocycles. The molecule has 3 heterocycles. The Hall–Kier alpha value is -3.10. The van der Waals surface area contributed by atoms with E-state index < -0.39 is 5.60 Å². The number of ether oxygens (including phenoxy) is 1. The number of hydrazone groups is 1. The van der Waals surface area contributed by atoms with Crippen LogP contribution < -0.4 is 15.2 Å². The molecule has 4 aliphatic rings. The predicted octanol–water partition coefficient (Wildman–Crippen LogP) is 3.98. The van der Waals surface area contributed by atoms with Crippen LogP contribution in [0.4, 0.5) is 22.7 Å². The molecule has 2 aromatic rings. The lowest BCUT2D eigenvalue weighted by Gasteiger charge is -2.40. The summed E-state index contributed by atoms with van der Waals surface area (Å²) in [5, 5.41) is 21.7. The molecule has 8 heteroatoms. The molecule has 0 radical (unpaired) electrons. The molecule has 1 saturated carbocycles. The highest BCUT2D eigenvalue weighted by Crippen LogP contribution is 2.37. The van der Waals surface area contributed by atoms with Gasteiger partial charge in [-0.05, 0) is 68.5 Å². The van der Waals surface area contributed by atoms with Gasteiger partial charge in [-0.1, -0.05) is 12.1 Å². The van der Waals surface area contributed by atoms with Gasteiger partial charge in [0, 0.05) is 61.8 Å². The van der Waals surface area contributed by atoms with Crippen molar-refractivity contribution in [2.75, 3.05) is 54.6 Å². The van der Waals surface area contributed by atoms with E-state index in [9.17, 15) is 9.90 Å². The number of likely N-dealkylation sites (tertiary alicyclic amines) is 1. The first-order valence-corrected chi connectivity index (χ1v) is 13.7. The molecule has 1 atom stereocenters. The minimum Gasteiger partial charge on any atom is -0.390 e. The van der Waals surface area contributed by atoms with Crippen molar-refractivity contribution in [3.05, 3.63) is 48.5 Å². The molecule has 37 heavy (non-hydrogen) atoms. The van der Waals surface area contributed by atoms with Crippen LogP contribution in [0.5, 0.6) is 0 Å². The SMILES string of the molecule is O=C(C1CC1)N1CCC(O)(CC2CC=NN2c2cccc(Nc3cccc(N4CCOCC4)c3)c2)CC1. The molecule has 6 rings (SSSR count). The Morgan fingerprint density at radius 3 is 2.38 bits per heavy atom. The van der Waals surface area contributed by atoms with Crippen LogP contribution in [0.2, 0.25) is 0 Å². The van der Waals surface area contributed by atoms with Crippen LogP contribution in [0.15, 0.2) is 53.6 Å². The molecule has 2 N–H and O–H groups in total. The number of piperidine rings is 1. The van der Waals surface area contributed by atoms with Crippen LogP contribution in [0, 0.1) is 5.92 Å². The van der Waals surface area contributed by atoms with E-state index in [-0.39, 0.29) is 17.9 Å². The number of nitrogens with one attached hydrogen (secondary N) is 1. The zero-order chi connectivity index (χ0) is 25.2. The van der Waals surface area contributed by atoms with Crippen LogP contribution in [-0.2, 0) is 9.53 Å². The Balaban J connectivity index is 1.10. The van der Waals surface area contributed by atoms with E-state index in [0.717, 1.165) is 62.6 Å². The standard InChI is InChI=1S/C29H37N5O3/c35-28(22-7-8-22)33-13-10-29(36,11-14-33)21-27-9-12-30-34(27)26-6-2-4-24(20-26)31-23-3-1-5-25(19-23)32-15-17-37-18-16-32/h1-6,12,19-20,22,27,31,36H,7-11,13-18,21H2. The van der Waals surface area contributed by atoms with E-state index in [1.807, 2.05) is 17.2 Å². The summed E-state index contributed by atoms with van der Waals surface area (Å²) < 4.78 is 5.49. The number of nitrogens with zero attached hydrogens (tertiary/aromatic N) is 4. The van der Waals surface area contributed by atoms with Crippen LogP contribution >= 0.6 is 0 Å². The zero-order valence-corrected chi connectivity index (χ0v) is 21.4. The van der Waals surface area contributed by atoms with E-state index in [1.165, 1.54) is 5.69 Å². The molecular weight excluding hydrogens is 466 g/mol. The summed E-state index contributed by atoms with van der Waals surface area (Å²) in [4.78, 5) is 16.7. The summed E-state index contributed by atoms with van der Waals surface area (Å²) >= 11 is 0. The van der Waals surface area contributed by atoms with E-state index in [1.54, 1.807) is 0 Å². The lowest BCUT2D eigenvalue weighted by Crippen LogP contribution is -2.49. The zero-order valence-electron chi connectivity index (χ0n) is 21.4. The fourth-order valence-corrected chi connectivity index (χ4v) is 5.77. The quantitative estimate of drug-likeness (QED) is 0.595. The number of anilines is 4. The van der Waals surface area contributed by atoms with Crippen LogP contribution in [0.25, 0.3) is 0 Å². The van der Waals surface area contributed by atoms with E-state index in [4.69, 9.17) is 4.74 Å². The average molecular weight is 504 g/mol. The van der Waals surface area contributed by atoms with Gasteiger partial charge in [0.05, 0.1) is 30.5 Å². The molecular formula is C29H37N5O3. The van der Waals surface area contributed by atoms with Crippen LogP contribution in [-0.4, -0.2) is 73.2 Å². The predicted molar refractivity (Wildman–Crippen MR) is 147 cm³/mol. The average Bonchev–Trinajstić information content (AvgIpc) is 3.68. The van der Waals surface area contributed by atoms with Crippen molar-refractivity contribution >= 4 is 34.9 Å².